The molecule has 1 aliphatic carbocycles. The fourth-order valence-electron chi connectivity index (χ4n) is 4.39. The molecule has 1 atom stereocenters. The van der Waals surface area contributed by atoms with E-state index in [1.165, 1.54) is 70.3 Å². The van der Waals surface area contributed by atoms with Crippen LogP contribution in [0.1, 0.15) is 51.9 Å². The molecule has 1 unspecified atom stereocenters. The van der Waals surface area contributed by atoms with Crippen molar-refractivity contribution in [2.75, 3.05) is 26.2 Å². The van der Waals surface area contributed by atoms with Crippen LogP contribution in [0.3, 0.4) is 0 Å². The summed E-state index contributed by atoms with van der Waals surface area (Å²) < 4.78 is 0. The predicted octanol–water partition coefficient (Wildman–Crippen LogP) is 4.69. The standard InChI is InChI=1S/C23H34N2O/c1-2-3-9-20-12-16-24(17-13-20)14-7-8-15-25-18-21(19-26)22-10-5-4-6-11-23(22)25/h4-6,10-11,18-20,22H,2-3,7-9,12-17H2,1H3. The van der Waals surface area contributed by atoms with Gasteiger partial charge in [-0.3, -0.25) is 4.79 Å². The summed E-state index contributed by atoms with van der Waals surface area (Å²) in [5.74, 6) is 1.12. The minimum absolute atomic E-state index is 0.143. The summed E-state index contributed by atoms with van der Waals surface area (Å²) in [4.78, 5) is 16.3. The van der Waals surface area contributed by atoms with Crippen LogP contribution in [-0.4, -0.2) is 42.3 Å². The second kappa shape index (κ2) is 9.91. The highest BCUT2D eigenvalue weighted by Crippen LogP contribution is 2.33. The minimum Gasteiger partial charge on any atom is -0.350 e. The molecule has 3 aliphatic rings. The smallest absolute Gasteiger partial charge is 0.148 e. The van der Waals surface area contributed by atoms with Crippen LogP contribution in [-0.2, 0) is 4.79 Å². The average Bonchev–Trinajstić information content (AvgIpc) is 2.83. The van der Waals surface area contributed by atoms with Gasteiger partial charge in [0.05, 0.1) is 0 Å². The molecule has 0 aromatic rings. The molecule has 0 N–H and O–H groups in total. The number of aldehydes is 1. The second-order valence-corrected chi connectivity index (χ2v) is 7.91. The van der Waals surface area contributed by atoms with E-state index in [4.69, 9.17) is 0 Å². The molecule has 2 heterocycles. The molecular weight excluding hydrogens is 320 g/mol. The van der Waals surface area contributed by atoms with Gasteiger partial charge in [-0.2, -0.15) is 0 Å². The number of rotatable bonds is 9. The van der Waals surface area contributed by atoms with Gasteiger partial charge in [-0.05, 0) is 57.3 Å². The van der Waals surface area contributed by atoms with Gasteiger partial charge >= 0.3 is 0 Å². The Morgan fingerprint density at radius 2 is 1.88 bits per heavy atom. The number of carbonyl (C=O) groups is 1. The van der Waals surface area contributed by atoms with E-state index in [-0.39, 0.29) is 5.92 Å². The summed E-state index contributed by atoms with van der Waals surface area (Å²) in [6, 6.07) is 0. The molecule has 0 radical (unpaired) electrons. The summed E-state index contributed by atoms with van der Waals surface area (Å²) >= 11 is 0. The highest BCUT2D eigenvalue weighted by molar-refractivity contribution is 5.77. The molecule has 142 valence electrons. The van der Waals surface area contributed by atoms with Gasteiger partial charge in [-0.1, -0.05) is 50.5 Å². The van der Waals surface area contributed by atoms with E-state index in [0.717, 1.165) is 24.3 Å². The van der Waals surface area contributed by atoms with Crippen LogP contribution in [0.5, 0.6) is 0 Å². The minimum atomic E-state index is 0.143. The van der Waals surface area contributed by atoms with Crippen LogP contribution in [0.15, 0.2) is 47.9 Å². The first-order valence-corrected chi connectivity index (χ1v) is 10.5. The van der Waals surface area contributed by atoms with Gasteiger partial charge in [0.2, 0.25) is 0 Å². The van der Waals surface area contributed by atoms with Gasteiger partial charge in [-0.25, -0.2) is 0 Å². The Labute approximate surface area is 159 Å². The van der Waals surface area contributed by atoms with Crippen LogP contribution >= 0.6 is 0 Å². The molecule has 2 aliphatic heterocycles. The molecule has 1 saturated heterocycles. The third kappa shape index (κ3) is 4.97. The molecular formula is C23H34N2O. The highest BCUT2D eigenvalue weighted by atomic mass is 16.1. The molecule has 0 amide bonds. The van der Waals surface area contributed by atoms with E-state index in [1.54, 1.807) is 0 Å². The van der Waals surface area contributed by atoms with Crippen molar-refractivity contribution in [3.63, 3.8) is 0 Å². The Morgan fingerprint density at radius 1 is 1.08 bits per heavy atom. The lowest BCUT2D eigenvalue weighted by Crippen LogP contribution is -2.34. The van der Waals surface area contributed by atoms with Crippen LogP contribution in [0.25, 0.3) is 0 Å². The first-order valence-electron chi connectivity index (χ1n) is 10.5. The Morgan fingerprint density at radius 3 is 2.65 bits per heavy atom. The van der Waals surface area contributed by atoms with Crippen molar-refractivity contribution in [2.24, 2.45) is 11.8 Å². The Kier molecular flexibility index (Phi) is 7.31. The Hall–Kier alpha value is -1.61. The number of hydrogen-bond acceptors (Lipinski definition) is 3. The third-order valence-corrected chi connectivity index (χ3v) is 6.04. The van der Waals surface area contributed by atoms with Crippen LogP contribution in [0.2, 0.25) is 0 Å². The SMILES string of the molecule is CCCCC1CCN(CCCCN2C=C(C=O)C3C=CC=CC=C32)CC1. The molecule has 26 heavy (non-hydrogen) atoms. The van der Waals surface area contributed by atoms with Gasteiger partial charge < -0.3 is 9.80 Å². The maximum Gasteiger partial charge on any atom is 0.148 e. The number of fused-ring (bicyclic) bond motifs is 1. The Balaban J connectivity index is 1.38. The van der Waals surface area contributed by atoms with E-state index in [1.807, 2.05) is 18.4 Å². The summed E-state index contributed by atoms with van der Waals surface area (Å²) in [7, 11) is 0. The van der Waals surface area contributed by atoms with Crippen molar-refractivity contribution >= 4 is 6.29 Å². The van der Waals surface area contributed by atoms with Gasteiger partial charge in [-0.15, -0.1) is 0 Å². The number of allylic oxidation sites excluding steroid dienone is 5. The molecule has 0 aromatic carbocycles. The molecule has 0 spiro atoms. The normalized spacial score (nSPS) is 23.6. The maximum absolute atomic E-state index is 11.4. The molecule has 3 nitrogen and oxygen atoms in total. The lowest BCUT2D eigenvalue weighted by Gasteiger charge is -2.32. The molecule has 0 aromatic heterocycles. The fourth-order valence-corrected chi connectivity index (χ4v) is 4.39. The van der Waals surface area contributed by atoms with Crippen LogP contribution < -0.4 is 0 Å². The fraction of sp³-hybridized carbons (Fsp3) is 0.609. The lowest BCUT2D eigenvalue weighted by atomic mass is 9.91. The summed E-state index contributed by atoms with van der Waals surface area (Å²) in [5.41, 5.74) is 2.12. The van der Waals surface area contributed by atoms with Crippen molar-refractivity contribution in [1.29, 1.82) is 0 Å². The highest BCUT2D eigenvalue weighted by Gasteiger charge is 2.27. The van der Waals surface area contributed by atoms with Crippen molar-refractivity contribution in [2.45, 2.75) is 51.9 Å². The molecule has 1 fully saturated rings. The number of unbranched alkanes of at least 4 members (excludes halogenated alkanes) is 2. The number of nitrogens with zero attached hydrogens (tertiary/aromatic N) is 2. The van der Waals surface area contributed by atoms with Gasteiger partial charge in [0.25, 0.3) is 0 Å². The quantitative estimate of drug-likeness (QED) is 0.443. The van der Waals surface area contributed by atoms with Crippen molar-refractivity contribution in [1.82, 2.24) is 9.80 Å². The van der Waals surface area contributed by atoms with Crippen LogP contribution in [0, 0.1) is 11.8 Å². The molecule has 0 saturated carbocycles. The average molecular weight is 355 g/mol. The zero-order chi connectivity index (χ0) is 18.2. The molecule has 3 heteroatoms. The van der Waals surface area contributed by atoms with E-state index in [0.29, 0.717) is 0 Å². The maximum atomic E-state index is 11.4. The number of carbonyl (C=O) groups excluding carboxylic acids is 1. The van der Waals surface area contributed by atoms with Crippen LogP contribution in [0.4, 0.5) is 0 Å². The van der Waals surface area contributed by atoms with E-state index >= 15 is 0 Å². The van der Waals surface area contributed by atoms with Gasteiger partial charge in [0.15, 0.2) is 0 Å². The summed E-state index contributed by atoms with van der Waals surface area (Å²) in [6.45, 7) is 7.10. The van der Waals surface area contributed by atoms with E-state index < -0.39 is 0 Å². The van der Waals surface area contributed by atoms with Crippen molar-refractivity contribution in [3.05, 3.63) is 47.9 Å². The summed E-state index contributed by atoms with van der Waals surface area (Å²) in [6.07, 6.45) is 22.9. The number of piperidine rings is 1. The van der Waals surface area contributed by atoms with Crippen molar-refractivity contribution < 1.29 is 4.79 Å². The first-order chi connectivity index (χ1) is 12.8. The monoisotopic (exact) mass is 354 g/mol. The van der Waals surface area contributed by atoms with Crippen molar-refractivity contribution in [3.8, 4) is 0 Å². The molecule has 0 bridgehead atoms. The summed E-state index contributed by atoms with van der Waals surface area (Å²) in [5, 5.41) is 0. The molecule has 3 rings (SSSR count). The predicted molar refractivity (Wildman–Crippen MR) is 109 cm³/mol. The first kappa shape index (κ1) is 19.2. The number of hydrogen-bond donors (Lipinski definition) is 0. The zero-order valence-corrected chi connectivity index (χ0v) is 16.3. The zero-order valence-electron chi connectivity index (χ0n) is 16.3. The largest absolute Gasteiger partial charge is 0.350 e. The van der Waals surface area contributed by atoms with E-state index in [2.05, 4.69) is 35.0 Å². The lowest BCUT2D eigenvalue weighted by molar-refractivity contribution is -0.105. The number of likely N-dealkylation sites (tertiary alicyclic amines) is 1. The third-order valence-electron chi connectivity index (χ3n) is 6.04. The van der Waals surface area contributed by atoms with Gasteiger partial charge in [0, 0.05) is 29.9 Å². The van der Waals surface area contributed by atoms with Gasteiger partial charge in [0.1, 0.15) is 6.29 Å². The Bertz CT molecular complexity index is 579. The van der Waals surface area contributed by atoms with E-state index in [9.17, 15) is 4.79 Å². The second-order valence-electron chi connectivity index (χ2n) is 7.91. The topological polar surface area (TPSA) is 23.6 Å².